The molecule has 1 saturated heterocycles. The summed E-state index contributed by atoms with van der Waals surface area (Å²) in [6.07, 6.45) is 1.24. The van der Waals surface area contributed by atoms with Crippen molar-refractivity contribution < 1.29 is 18.3 Å². The lowest BCUT2D eigenvalue weighted by atomic mass is 10.0. The van der Waals surface area contributed by atoms with E-state index in [2.05, 4.69) is 0 Å². The van der Waals surface area contributed by atoms with Crippen LogP contribution >= 0.6 is 11.3 Å². The van der Waals surface area contributed by atoms with E-state index in [9.17, 15) is 13.2 Å². The number of thiophene rings is 1. The van der Waals surface area contributed by atoms with Crippen LogP contribution in [0.15, 0.2) is 16.3 Å². The topological polar surface area (TPSA) is 98.5 Å². The summed E-state index contributed by atoms with van der Waals surface area (Å²) in [5, 5.41) is 17.4. The van der Waals surface area contributed by atoms with E-state index in [0.29, 0.717) is 30.8 Å². The van der Waals surface area contributed by atoms with Gasteiger partial charge in [-0.3, -0.25) is 4.79 Å². The highest BCUT2D eigenvalue weighted by Gasteiger charge is 2.33. The second kappa shape index (κ2) is 5.91. The van der Waals surface area contributed by atoms with E-state index in [1.165, 1.54) is 16.4 Å². The average molecular weight is 314 g/mol. The molecular formula is C12H14N2O4S2. The monoisotopic (exact) mass is 314 g/mol. The van der Waals surface area contributed by atoms with Crippen LogP contribution in [0.5, 0.6) is 0 Å². The van der Waals surface area contributed by atoms with E-state index in [1.54, 1.807) is 0 Å². The first kappa shape index (κ1) is 15.0. The number of nitrogens with zero attached hydrogens (tertiary/aromatic N) is 2. The van der Waals surface area contributed by atoms with Gasteiger partial charge in [-0.05, 0) is 30.9 Å². The lowest BCUT2D eigenvalue weighted by molar-refractivity contribution is -0.137. The molecule has 1 aliphatic rings. The van der Waals surface area contributed by atoms with Gasteiger partial charge in [-0.1, -0.05) is 0 Å². The molecule has 0 saturated carbocycles. The van der Waals surface area contributed by atoms with Crippen LogP contribution in [0.2, 0.25) is 0 Å². The molecule has 1 fully saturated rings. The van der Waals surface area contributed by atoms with Crippen molar-refractivity contribution in [2.75, 3.05) is 13.1 Å². The third-order valence-corrected chi connectivity index (χ3v) is 6.62. The number of carboxylic acid groups (broad SMARTS) is 1. The minimum atomic E-state index is -3.55. The number of carbonyl (C=O) groups is 1. The van der Waals surface area contributed by atoms with Gasteiger partial charge in [0.2, 0.25) is 0 Å². The number of sulfonamides is 1. The van der Waals surface area contributed by atoms with E-state index in [-0.39, 0.29) is 16.5 Å². The number of nitriles is 1. The van der Waals surface area contributed by atoms with Gasteiger partial charge in [0.05, 0.1) is 0 Å². The van der Waals surface area contributed by atoms with Gasteiger partial charge in [-0.2, -0.15) is 9.57 Å². The SMILES string of the molecule is N#Cc1ccc(S(=O)(=O)N2CCC(CCC(=O)O)C2)s1. The maximum Gasteiger partial charge on any atom is 0.303 e. The van der Waals surface area contributed by atoms with E-state index in [0.717, 1.165) is 11.3 Å². The fraction of sp³-hybridized carbons (Fsp3) is 0.500. The van der Waals surface area contributed by atoms with Crippen LogP contribution in [0, 0.1) is 17.2 Å². The lowest BCUT2D eigenvalue weighted by Gasteiger charge is -2.15. The minimum absolute atomic E-state index is 0.0656. The summed E-state index contributed by atoms with van der Waals surface area (Å²) < 4.78 is 26.3. The van der Waals surface area contributed by atoms with E-state index < -0.39 is 16.0 Å². The molecule has 0 spiro atoms. The lowest BCUT2D eigenvalue weighted by Crippen LogP contribution is -2.28. The molecule has 0 bridgehead atoms. The molecule has 1 aliphatic heterocycles. The maximum atomic E-state index is 12.4. The molecule has 6 nitrogen and oxygen atoms in total. The van der Waals surface area contributed by atoms with Crippen molar-refractivity contribution in [1.82, 2.24) is 4.31 Å². The summed E-state index contributed by atoms with van der Waals surface area (Å²) in [7, 11) is -3.55. The smallest absolute Gasteiger partial charge is 0.303 e. The predicted octanol–water partition coefficient (Wildman–Crippen LogP) is 1.50. The van der Waals surface area contributed by atoms with Gasteiger partial charge in [0.25, 0.3) is 10.0 Å². The Kier molecular flexibility index (Phi) is 4.42. The molecule has 0 aromatic carbocycles. The molecule has 0 aliphatic carbocycles. The van der Waals surface area contributed by atoms with Crippen molar-refractivity contribution in [2.45, 2.75) is 23.5 Å². The van der Waals surface area contributed by atoms with Gasteiger partial charge in [0, 0.05) is 19.5 Å². The molecule has 0 amide bonds. The number of aliphatic carboxylic acids is 1. The van der Waals surface area contributed by atoms with Crippen LogP contribution in [0.25, 0.3) is 0 Å². The molecule has 1 aromatic heterocycles. The Labute approximate surface area is 121 Å². The van der Waals surface area contributed by atoms with Crippen LogP contribution in [0.1, 0.15) is 24.1 Å². The van der Waals surface area contributed by atoms with Crippen LogP contribution < -0.4 is 0 Å². The normalized spacial score (nSPS) is 19.9. The third-order valence-electron chi connectivity index (χ3n) is 3.30. The first-order valence-electron chi connectivity index (χ1n) is 6.15. The highest BCUT2D eigenvalue weighted by Crippen LogP contribution is 2.30. The van der Waals surface area contributed by atoms with Gasteiger partial charge in [0.15, 0.2) is 0 Å². The predicted molar refractivity (Wildman–Crippen MR) is 72.8 cm³/mol. The largest absolute Gasteiger partial charge is 0.481 e. The van der Waals surface area contributed by atoms with Crippen LogP contribution in [0.4, 0.5) is 0 Å². The quantitative estimate of drug-likeness (QED) is 0.888. The first-order chi connectivity index (χ1) is 9.43. The fourth-order valence-electron chi connectivity index (χ4n) is 2.22. The zero-order chi connectivity index (χ0) is 14.8. The molecule has 2 rings (SSSR count). The number of hydrogen-bond acceptors (Lipinski definition) is 5. The Bertz CT molecular complexity index is 645. The minimum Gasteiger partial charge on any atom is -0.481 e. The molecule has 2 heterocycles. The summed E-state index contributed by atoms with van der Waals surface area (Å²) in [6, 6.07) is 4.86. The molecule has 20 heavy (non-hydrogen) atoms. The Balaban J connectivity index is 2.05. The third kappa shape index (κ3) is 3.17. The zero-order valence-electron chi connectivity index (χ0n) is 10.7. The summed E-state index contributed by atoms with van der Waals surface area (Å²) in [4.78, 5) is 10.9. The molecule has 1 unspecified atom stereocenters. The van der Waals surface area contributed by atoms with Crippen molar-refractivity contribution in [1.29, 1.82) is 5.26 Å². The van der Waals surface area contributed by atoms with Crippen molar-refractivity contribution in [3.05, 3.63) is 17.0 Å². The summed E-state index contributed by atoms with van der Waals surface area (Å²) in [5.41, 5.74) is 0. The number of carboxylic acids is 1. The maximum absolute atomic E-state index is 12.4. The standard InChI is InChI=1S/C12H14N2O4S2/c13-7-10-2-4-12(19-10)20(17,18)14-6-5-9(8-14)1-3-11(15)16/h2,4,9H,1,3,5-6,8H2,(H,15,16). The molecular weight excluding hydrogens is 300 g/mol. The molecule has 1 atom stereocenters. The molecule has 1 aromatic rings. The van der Waals surface area contributed by atoms with Gasteiger partial charge >= 0.3 is 5.97 Å². The molecule has 8 heteroatoms. The van der Waals surface area contributed by atoms with E-state index in [1.807, 2.05) is 6.07 Å². The Morgan fingerprint density at radius 3 is 2.90 bits per heavy atom. The Hall–Kier alpha value is -1.43. The highest BCUT2D eigenvalue weighted by atomic mass is 32.2. The first-order valence-corrected chi connectivity index (χ1v) is 8.41. The number of hydrogen-bond donors (Lipinski definition) is 1. The Morgan fingerprint density at radius 1 is 1.55 bits per heavy atom. The van der Waals surface area contributed by atoms with Gasteiger partial charge in [0.1, 0.15) is 15.2 Å². The molecule has 108 valence electrons. The van der Waals surface area contributed by atoms with Crippen molar-refractivity contribution in [2.24, 2.45) is 5.92 Å². The summed E-state index contributed by atoms with van der Waals surface area (Å²) >= 11 is 0.961. The van der Waals surface area contributed by atoms with Crippen molar-refractivity contribution >= 4 is 27.3 Å². The van der Waals surface area contributed by atoms with Gasteiger partial charge < -0.3 is 5.11 Å². The summed E-state index contributed by atoms with van der Waals surface area (Å²) in [5.74, 6) is -0.764. The fourth-order valence-corrected chi connectivity index (χ4v) is 5.01. The summed E-state index contributed by atoms with van der Waals surface area (Å²) in [6.45, 7) is 0.766. The average Bonchev–Trinajstić information content (AvgIpc) is 3.05. The van der Waals surface area contributed by atoms with Crippen LogP contribution in [-0.2, 0) is 14.8 Å². The second-order valence-corrected chi connectivity index (χ2v) is 7.93. The number of rotatable bonds is 5. The molecule has 1 N–H and O–H groups in total. The van der Waals surface area contributed by atoms with Crippen molar-refractivity contribution in [3.63, 3.8) is 0 Å². The molecule has 0 radical (unpaired) electrons. The Morgan fingerprint density at radius 2 is 2.30 bits per heavy atom. The van der Waals surface area contributed by atoms with E-state index >= 15 is 0 Å². The van der Waals surface area contributed by atoms with Gasteiger partial charge in [-0.25, -0.2) is 8.42 Å². The van der Waals surface area contributed by atoms with E-state index in [4.69, 9.17) is 10.4 Å². The second-order valence-electron chi connectivity index (χ2n) is 4.68. The zero-order valence-corrected chi connectivity index (χ0v) is 12.3. The van der Waals surface area contributed by atoms with Crippen LogP contribution in [-0.4, -0.2) is 36.9 Å². The highest BCUT2D eigenvalue weighted by molar-refractivity contribution is 7.91. The van der Waals surface area contributed by atoms with Gasteiger partial charge in [-0.15, -0.1) is 11.3 Å². The van der Waals surface area contributed by atoms with Crippen LogP contribution in [0.3, 0.4) is 0 Å². The van der Waals surface area contributed by atoms with Crippen molar-refractivity contribution in [3.8, 4) is 6.07 Å².